The van der Waals surface area contributed by atoms with E-state index in [0.717, 1.165) is 31.0 Å². The summed E-state index contributed by atoms with van der Waals surface area (Å²) in [5, 5.41) is 6.96. The molecule has 2 aromatic carbocycles. The summed E-state index contributed by atoms with van der Waals surface area (Å²) in [4.78, 5) is 0. The first-order chi connectivity index (χ1) is 15.9. The Morgan fingerprint density at radius 2 is 1.97 bits per heavy atom. The molecule has 0 spiro atoms. The highest BCUT2D eigenvalue weighted by atomic mass is 19.4. The minimum absolute atomic E-state index is 0.00706. The van der Waals surface area contributed by atoms with Gasteiger partial charge in [0, 0.05) is 41.7 Å². The Balaban J connectivity index is 1.38. The summed E-state index contributed by atoms with van der Waals surface area (Å²) in [7, 11) is 0. The molecule has 0 bridgehead atoms. The molecule has 5 rings (SSSR count). The van der Waals surface area contributed by atoms with E-state index in [2.05, 4.69) is 35.1 Å². The van der Waals surface area contributed by atoms with Crippen LogP contribution in [0.1, 0.15) is 41.7 Å². The molecule has 2 N–H and O–H groups in total. The minimum Gasteiger partial charge on any atom is -0.378 e. The van der Waals surface area contributed by atoms with Crippen LogP contribution in [0, 0.1) is 11.8 Å². The molecule has 5 atom stereocenters. The average Bonchev–Trinajstić information content (AvgIpc) is 3.66. The third-order valence-corrected chi connectivity index (χ3v) is 6.86. The van der Waals surface area contributed by atoms with Crippen molar-refractivity contribution in [1.82, 2.24) is 5.32 Å². The van der Waals surface area contributed by atoms with Gasteiger partial charge in [-0.05, 0) is 42.7 Å². The molecule has 2 heterocycles. The highest BCUT2D eigenvalue weighted by Crippen LogP contribution is 2.51. The largest absolute Gasteiger partial charge is 0.416 e. The van der Waals surface area contributed by atoms with Crippen molar-refractivity contribution in [3.8, 4) is 0 Å². The van der Waals surface area contributed by atoms with E-state index in [0.29, 0.717) is 17.8 Å². The van der Waals surface area contributed by atoms with Crippen LogP contribution in [0.4, 0.5) is 18.9 Å². The van der Waals surface area contributed by atoms with Gasteiger partial charge in [0.15, 0.2) is 0 Å². The van der Waals surface area contributed by atoms with Gasteiger partial charge < -0.3 is 15.4 Å². The van der Waals surface area contributed by atoms with Gasteiger partial charge in [0.05, 0.1) is 23.8 Å². The zero-order valence-electron chi connectivity index (χ0n) is 18.2. The van der Waals surface area contributed by atoms with Crippen LogP contribution in [-0.2, 0) is 10.9 Å². The molecular weight excluding hydrogens is 425 g/mol. The maximum Gasteiger partial charge on any atom is 0.416 e. The summed E-state index contributed by atoms with van der Waals surface area (Å²) in [6, 6.07) is 14.0. The van der Waals surface area contributed by atoms with Crippen molar-refractivity contribution in [2.24, 2.45) is 11.8 Å². The van der Waals surface area contributed by atoms with Crippen molar-refractivity contribution in [2.75, 3.05) is 18.4 Å². The molecule has 3 nitrogen and oxygen atoms in total. The first-order valence-electron chi connectivity index (χ1n) is 11.4. The van der Waals surface area contributed by atoms with Crippen LogP contribution in [0.15, 0.2) is 78.6 Å². The number of anilines is 1. The number of fused-ring (bicyclic) bond motifs is 3. The maximum absolute atomic E-state index is 13.5. The molecule has 33 heavy (non-hydrogen) atoms. The first kappa shape index (κ1) is 22.0. The van der Waals surface area contributed by atoms with E-state index in [1.54, 1.807) is 6.07 Å². The van der Waals surface area contributed by atoms with Gasteiger partial charge in [0.1, 0.15) is 0 Å². The third kappa shape index (κ3) is 4.65. The lowest BCUT2D eigenvalue weighted by Gasteiger charge is -2.46. The fraction of sp³-hybridized carbons (Fsp3) is 0.370. The van der Waals surface area contributed by atoms with Crippen molar-refractivity contribution < 1.29 is 17.9 Å². The minimum atomic E-state index is -4.39. The van der Waals surface area contributed by atoms with Crippen molar-refractivity contribution in [3.63, 3.8) is 0 Å². The van der Waals surface area contributed by atoms with Gasteiger partial charge in [-0.3, -0.25) is 0 Å². The molecule has 0 saturated carbocycles. The maximum atomic E-state index is 13.5. The van der Waals surface area contributed by atoms with Crippen LogP contribution in [0.3, 0.4) is 0 Å². The Bertz CT molecular complexity index is 1090. The smallest absolute Gasteiger partial charge is 0.378 e. The summed E-state index contributed by atoms with van der Waals surface area (Å²) < 4.78 is 46.9. The van der Waals surface area contributed by atoms with Crippen molar-refractivity contribution >= 4 is 5.69 Å². The molecule has 2 aromatic rings. The zero-order valence-corrected chi connectivity index (χ0v) is 18.2. The number of hydrogen-bond donors (Lipinski definition) is 2. The van der Waals surface area contributed by atoms with E-state index in [9.17, 15) is 13.2 Å². The normalized spacial score (nSPS) is 26.5. The summed E-state index contributed by atoms with van der Waals surface area (Å²) in [6.07, 6.45) is 0.755. The Hall–Kier alpha value is -2.79. The highest BCUT2D eigenvalue weighted by Gasteiger charge is 2.43. The van der Waals surface area contributed by atoms with Gasteiger partial charge in [-0.1, -0.05) is 36.4 Å². The van der Waals surface area contributed by atoms with E-state index in [-0.39, 0.29) is 24.0 Å². The third-order valence-electron chi connectivity index (χ3n) is 6.86. The summed E-state index contributed by atoms with van der Waals surface area (Å²) in [5.41, 5.74) is 6.08. The SMILES string of the molecule is C=CC(CNC[C@H]1CC[C@@H]2[C@H](O1)c1cc(C(F)(F)F)ccc1N[C@H]2c1ccccc1)C1=C=C1. The molecule has 1 fully saturated rings. The van der Waals surface area contributed by atoms with Crippen LogP contribution in [0.25, 0.3) is 0 Å². The van der Waals surface area contributed by atoms with Crippen LogP contribution in [-0.4, -0.2) is 19.2 Å². The lowest BCUT2D eigenvalue weighted by atomic mass is 9.76. The van der Waals surface area contributed by atoms with Gasteiger partial charge >= 0.3 is 6.18 Å². The number of ether oxygens (including phenoxy) is 1. The molecule has 3 aliphatic rings. The topological polar surface area (TPSA) is 33.3 Å². The molecule has 0 aromatic heterocycles. The summed E-state index contributed by atoms with van der Waals surface area (Å²) in [5.74, 6) is 0.291. The van der Waals surface area contributed by atoms with Gasteiger partial charge in [0.25, 0.3) is 0 Å². The van der Waals surface area contributed by atoms with Gasteiger partial charge in [0.2, 0.25) is 0 Å². The number of nitrogens with one attached hydrogen (secondary N) is 2. The summed E-state index contributed by atoms with van der Waals surface area (Å²) >= 11 is 0. The van der Waals surface area contributed by atoms with Gasteiger partial charge in [-0.25, -0.2) is 0 Å². The lowest BCUT2D eigenvalue weighted by Crippen LogP contribution is -2.42. The Morgan fingerprint density at radius 3 is 2.67 bits per heavy atom. The van der Waals surface area contributed by atoms with Crippen LogP contribution >= 0.6 is 0 Å². The quantitative estimate of drug-likeness (QED) is 0.388. The predicted molar refractivity (Wildman–Crippen MR) is 123 cm³/mol. The van der Waals surface area contributed by atoms with Crippen LogP contribution in [0.5, 0.6) is 0 Å². The predicted octanol–water partition coefficient (Wildman–Crippen LogP) is 6.20. The lowest BCUT2D eigenvalue weighted by molar-refractivity contribution is -0.138. The van der Waals surface area contributed by atoms with Crippen molar-refractivity contribution in [1.29, 1.82) is 0 Å². The number of halogens is 3. The summed E-state index contributed by atoms with van der Waals surface area (Å²) in [6.45, 7) is 5.28. The van der Waals surface area contributed by atoms with Crippen molar-refractivity contribution in [3.05, 3.63) is 95.3 Å². The molecule has 6 heteroatoms. The van der Waals surface area contributed by atoms with Crippen LogP contribution < -0.4 is 10.6 Å². The number of hydrogen-bond acceptors (Lipinski definition) is 3. The first-order valence-corrected chi connectivity index (χ1v) is 11.4. The van der Waals surface area contributed by atoms with Crippen LogP contribution in [0.2, 0.25) is 0 Å². The van der Waals surface area contributed by atoms with E-state index in [4.69, 9.17) is 4.74 Å². The Labute approximate surface area is 192 Å². The molecule has 1 saturated heterocycles. The highest BCUT2D eigenvalue weighted by molar-refractivity contribution is 5.58. The van der Waals surface area contributed by atoms with E-state index < -0.39 is 17.8 Å². The second-order valence-electron chi connectivity index (χ2n) is 9.00. The van der Waals surface area contributed by atoms with Gasteiger partial charge in [-0.15, -0.1) is 12.3 Å². The van der Waals surface area contributed by atoms with E-state index in [1.165, 1.54) is 11.6 Å². The molecular formula is C27H27F3N2O. The van der Waals surface area contributed by atoms with E-state index in [1.807, 2.05) is 30.4 Å². The zero-order chi connectivity index (χ0) is 23.0. The fourth-order valence-electron chi connectivity index (χ4n) is 5.05. The molecule has 1 aliphatic carbocycles. The molecule has 1 unspecified atom stereocenters. The second kappa shape index (κ2) is 8.86. The number of alkyl halides is 3. The standard InChI is InChI=1S/C27H27F3N2O/c1-2-17(18-8-9-18)15-31-16-21-11-12-22-25(19-6-4-3-5-7-19)32-24-13-10-20(27(28,29)30)14-23(24)26(22)33-21/h2-8,10,13-14,17,21-22,25-26,31-32H,1,11-12,15-16H2/t17?,21-,22+,25+,26+/m1/s1. The second-order valence-corrected chi connectivity index (χ2v) is 9.00. The molecule has 172 valence electrons. The average molecular weight is 453 g/mol. The molecule has 0 amide bonds. The van der Waals surface area contributed by atoms with Crippen molar-refractivity contribution in [2.45, 2.75) is 37.3 Å². The fourth-order valence-corrected chi connectivity index (χ4v) is 5.05. The number of rotatable bonds is 7. The molecule has 0 radical (unpaired) electrons. The molecule has 2 aliphatic heterocycles. The monoisotopic (exact) mass is 452 g/mol. The number of benzene rings is 2. The van der Waals surface area contributed by atoms with Gasteiger partial charge in [-0.2, -0.15) is 13.2 Å². The van der Waals surface area contributed by atoms with E-state index >= 15 is 0 Å². The Kier molecular flexibility index (Phi) is 5.92. The Morgan fingerprint density at radius 1 is 1.18 bits per heavy atom.